The van der Waals surface area contributed by atoms with Crippen LogP contribution in [0.3, 0.4) is 0 Å². The molecule has 0 aliphatic rings. The lowest BCUT2D eigenvalue weighted by molar-refractivity contribution is 0.186. The standard InChI is InChI=1S/C15H17FN2O2/c1-20-10-9-18-8-2-3-13(15(18)19)14(17)11-4-6-12(16)7-5-11/h2-8,14H,9-10,17H2,1H3. The number of aromatic nitrogens is 1. The highest BCUT2D eigenvalue weighted by atomic mass is 19.1. The van der Waals surface area contributed by atoms with Gasteiger partial charge in [0.1, 0.15) is 5.82 Å². The second-order valence-corrected chi connectivity index (χ2v) is 4.48. The Balaban J connectivity index is 2.32. The zero-order chi connectivity index (χ0) is 14.5. The summed E-state index contributed by atoms with van der Waals surface area (Å²) < 4.78 is 19.4. The molecule has 1 aromatic carbocycles. The highest BCUT2D eigenvalue weighted by Gasteiger charge is 2.13. The Morgan fingerprint density at radius 2 is 2.00 bits per heavy atom. The van der Waals surface area contributed by atoms with Crippen molar-refractivity contribution in [1.82, 2.24) is 4.57 Å². The van der Waals surface area contributed by atoms with E-state index in [4.69, 9.17) is 10.5 Å². The van der Waals surface area contributed by atoms with Gasteiger partial charge in [-0.2, -0.15) is 0 Å². The Hall–Kier alpha value is -1.98. The lowest BCUT2D eigenvalue weighted by Gasteiger charge is -2.14. The zero-order valence-electron chi connectivity index (χ0n) is 11.3. The van der Waals surface area contributed by atoms with Crippen molar-refractivity contribution in [3.05, 3.63) is 69.9 Å². The van der Waals surface area contributed by atoms with E-state index < -0.39 is 6.04 Å². The molecule has 0 saturated carbocycles. The molecule has 2 aromatic rings. The lowest BCUT2D eigenvalue weighted by atomic mass is 10.0. The summed E-state index contributed by atoms with van der Waals surface area (Å²) in [6, 6.07) is 8.74. The summed E-state index contributed by atoms with van der Waals surface area (Å²) in [5, 5.41) is 0. The number of hydrogen-bond donors (Lipinski definition) is 1. The van der Waals surface area contributed by atoms with E-state index in [-0.39, 0.29) is 11.4 Å². The van der Waals surface area contributed by atoms with Gasteiger partial charge in [-0.25, -0.2) is 4.39 Å². The van der Waals surface area contributed by atoms with Crippen LogP contribution in [0.5, 0.6) is 0 Å². The second-order valence-electron chi connectivity index (χ2n) is 4.48. The maximum atomic E-state index is 12.9. The van der Waals surface area contributed by atoms with E-state index in [1.807, 2.05) is 0 Å². The average molecular weight is 276 g/mol. The largest absolute Gasteiger partial charge is 0.383 e. The Labute approximate surface area is 116 Å². The lowest BCUT2D eigenvalue weighted by Crippen LogP contribution is -2.29. The van der Waals surface area contributed by atoms with Crippen molar-refractivity contribution in [3.8, 4) is 0 Å². The zero-order valence-corrected chi connectivity index (χ0v) is 11.3. The van der Waals surface area contributed by atoms with Gasteiger partial charge in [0.25, 0.3) is 5.56 Å². The van der Waals surface area contributed by atoms with E-state index in [1.54, 1.807) is 42.1 Å². The van der Waals surface area contributed by atoms with Gasteiger partial charge in [0, 0.05) is 25.4 Å². The monoisotopic (exact) mass is 276 g/mol. The van der Waals surface area contributed by atoms with Crippen LogP contribution in [0.4, 0.5) is 4.39 Å². The molecule has 1 aromatic heterocycles. The third-order valence-corrected chi connectivity index (χ3v) is 3.15. The van der Waals surface area contributed by atoms with Crippen LogP contribution in [0, 0.1) is 5.82 Å². The Morgan fingerprint density at radius 3 is 2.65 bits per heavy atom. The van der Waals surface area contributed by atoms with Crippen LogP contribution in [0.25, 0.3) is 0 Å². The van der Waals surface area contributed by atoms with Gasteiger partial charge in [0.05, 0.1) is 12.6 Å². The number of hydrogen-bond acceptors (Lipinski definition) is 3. The second kappa shape index (κ2) is 6.45. The van der Waals surface area contributed by atoms with Gasteiger partial charge in [-0.1, -0.05) is 18.2 Å². The molecule has 1 atom stereocenters. The van der Waals surface area contributed by atoms with E-state index in [1.165, 1.54) is 12.1 Å². The molecule has 106 valence electrons. The molecular formula is C15H17FN2O2. The minimum absolute atomic E-state index is 0.152. The number of halogens is 1. The van der Waals surface area contributed by atoms with E-state index in [2.05, 4.69) is 0 Å². The summed E-state index contributed by atoms with van der Waals surface area (Å²) in [5.74, 6) is -0.327. The number of nitrogens with zero attached hydrogens (tertiary/aromatic N) is 1. The first kappa shape index (κ1) is 14.4. The SMILES string of the molecule is COCCn1cccc(C(N)c2ccc(F)cc2)c1=O. The fourth-order valence-electron chi connectivity index (χ4n) is 2.01. The molecule has 20 heavy (non-hydrogen) atoms. The van der Waals surface area contributed by atoms with Crippen LogP contribution >= 0.6 is 0 Å². The highest BCUT2D eigenvalue weighted by molar-refractivity contribution is 5.29. The molecule has 0 bridgehead atoms. The van der Waals surface area contributed by atoms with Crippen molar-refractivity contribution < 1.29 is 9.13 Å². The van der Waals surface area contributed by atoms with Crippen LogP contribution in [-0.4, -0.2) is 18.3 Å². The summed E-state index contributed by atoms with van der Waals surface area (Å²) in [6.45, 7) is 0.925. The van der Waals surface area contributed by atoms with E-state index in [9.17, 15) is 9.18 Å². The number of ether oxygens (including phenoxy) is 1. The van der Waals surface area contributed by atoms with Crippen molar-refractivity contribution in [2.75, 3.05) is 13.7 Å². The molecule has 0 spiro atoms. The molecule has 4 nitrogen and oxygen atoms in total. The Morgan fingerprint density at radius 1 is 1.30 bits per heavy atom. The molecule has 1 heterocycles. The molecule has 0 amide bonds. The Kier molecular flexibility index (Phi) is 4.65. The van der Waals surface area contributed by atoms with Gasteiger partial charge in [-0.05, 0) is 23.8 Å². The predicted octanol–water partition coefficient (Wildman–Crippen LogP) is 1.68. The van der Waals surface area contributed by atoms with Crippen LogP contribution in [0.15, 0.2) is 47.4 Å². The minimum atomic E-state index is -0.571. The number of benzene rings is 1. The number of methoxy groups -OCH3 is 1. The topological polar surface area (TPSA) is 57.2 Å². The molecule has 1 unspecified atom stereocenters. The molecular weight excluding hydrogens is 259 g/mol. The molecule has 0 aliphatic heterocycles. The van der Waals surface area contributed by atoms with Crippen LogP contribution in [-0.2, 0) is 11.3 Å². The Bertz CT molecular complexity index is 623. The van der Waals surface area contributed by atoms with Gasteiger partial charge in [0.15, 0.2) is 0 Å². The summed E-state index contributed by atoms with van der Waals surface area (Å²) >= 11 is 0. The summed E-state index contributed by atoms with van der Waals surface area (Å²) in [5.41, 5.74) is 7.13. The van der Waals surface area contributed by atoms with E-state index >= 15 is 0 Å². The molecule has 0 radical (unpaired) electrons. The van der Waals surface area contributed by atoms with Gasteiger partial charge < -0.3 is 15.0 Å². The van der Waals surface area contributed by atoms with Gasteiger partial charge >= 0.3 is 0 Å². The fraction of sp³-hybridized carbons (Fsp3) is 0.267. The van der Waals surface area contributed by atoms with Gasteiger partial charge in [-0.3, -0.25) is 4.79 Å². The van der Waals surface area contributed by atoms with Crippen molar-refractivity contribution in [3.63, 3.8) is 0 Å². The predicted molar refractivity (Wildman–Crippen MR) is 75.0 cm³/mol. The molecule has 0 fully saturated rings. The number of pyridine rings is 1. The molecule has 5 heteroatoms. The average Bonchev–Trinajstić information content (AvgIpc) is 2.46. The first-order chi connectivity index (χ1) is 9.63. The van der Waals surface area contributed by atoms with Crippen molar-refractivity contribution in [2.24, 2.45) is 5.73 Å². The first-order valence-electron chi connectivity index (χ1n) is 6.33. The third kappa shape index (κ3) is 3.12. The molecule has 0 aliphatic carbocycles. The third-order valence-electron chi connectivity index (χ3n) is 3.15. The maximum absolute atomic E-state index is 12.9. The first-order valence-corrected chi connectivity index (χ1v) is 6.33. The van der Waals surface area contributed by atoms with Gasteiger partial charge in [0.2, 0.25) is 0 Å². The summed E-state index contributed by atoms with van der Waals surface area (Å²) in [6.07, 6.45) is 1.70. The number of rotatable bonds is 5. The van der Waals surface area contributed by atoms with Gasteiger partial charge in [-0.15, -0.1) is 0 Å². The van der Waals surface area contributed by atoms with Crippen LogP contribution < -0.4 is 11.3 Å². The summed E-state index contributed by atoms with van der Waals surface area (Å²) in [7, 11) is 1.58. The minimum Gasteiger partial charge on any atom is -0.383 e. The van der Waals surface area contributed by atoms with Crippen molar-refractivity contribution >= 4 is 0 Å². The van der Waals surface area contributed by atoms with Crippen molar-refractivity contribution in [2.45, 2.75) is 12.6 Å². The molecule has 2 rings (SSSR count). The van der Waals surface area contributed by atoms with Crippen molar-refractivity contribution in [1.29, 1.82) is 0 Å². The van der Waals surface area contributed by atoms with E-state index in [0.717, 1.165) is 0 Å². The maximum Gasteiger partial charge on any atom is 0.255 e. The quantitative estimate of drug-likeness (QED) is 0.904. The number of nitrogens with two attached hydrogens (primary N) is 1. The molecule has 2 N–H and O–H groups in total. The van der Waals surface area contributed by atoms with Crippen LogP contribution in [0.1, 0.15) is 17.2 Å². The normalized spacial score (nSPS) is 12.3. The molecule has 0 saturated heterocycles. The van der Waals surface area contributed by atoms with Crippen LogP contribution in [0.2, 0.25) is 0 Å². The summed E-state index contributed by atoms with van der Waals surface area (Å²) in [4.78, 5) is 12.3. The van der Waals surface area contributed by atoms with E-state index in [0.29, 0.717) is 24.3 Å². The fourth-order valence-corrected chi connectivity index (χ4v) is 2.01. The highest BCUT2D eigenvalue weighted by Crippen LogP contribution is 2.16. The smallest absolute Gasteiger partial charge is 0.255 e.